The molecule has 0 radical (unpaired) electrons. The van der Waals surface area contributed by atoms with Crippen LogP contribution >= 0.6 is 0 Å². The summed E-state index contributed by atoms with van der Waals surface area (Å²) in [7, 11) is -6.82. The van der Waals surface area contributed by atoms with E-state index < -0.39 is 72.6 Å². The van der Waals surface area contributed by atoms with Gasteiger partial charge in [0.05, 0.1) is 35.1 Å². The van der Waals surface area contributed by atoms with Gasteiger partial charge in [0.15, 0.2) is 0 Å². The minimum Gasteiger partial charge on any atom is -0.496 e. The summed E-state index contributed by atoms with van der Waals surface area (Å²) in [6, 6.07) is 12.3. The van der Waals surface area contributed by atoms with Gasteiger partial charge in [-0.15, -0.1) is 0 Å². The fraction of sp³-hybridized carbons (Fsp3) is 0.226. The summed E-state index contributed by atoms with van der Waals surface area (Å²) in [5.74, 6) is -3.58. The topological polar surface area (TPSA) is 225 Å². The molecule has 55 heavy (non-hydrogen) atoms. The molecule has 0 atom stereocenters. The molecule has 5 rings (SSSR count). The molecule has 1 aromatic heterocycles. The van der Waals surface area contributed by atoms with Gasteiger partial charge in [0, 0.05) is 11.6 Å². The van der Waals surface area contributed by atoms with E-state index in [-0.39, 0.29) is 28.2 Å². The van der Waals surface area contributed by atoms with Crippen LogP contribution < -0.4 is 29.6 Å². The second-order valence-corrected chi connectivity index (χ2v) is 14.3. The summed E-state index contributed by atoms with van der Waals surface area (Å²) < 4.78 is 139. The number of alkyl halides is 6. The number of para-hydroxylation sites is 1. The van der Waals surface area contributed by atoms with Crippen molar-refractivity contribution in [3.63, 3.8) is 0 Å². The predicted molar refractivity (Wildman–Crippen MR) is 177 cm³/mol. The van der Waals surface area contributed by atoms with Crippen molar-refractivity contribution in [2.45, 2.75) is 41.0 Å². The van der Waals surface area contributed by atoms with E-state index in [4.69, 9.17) is 4.74 Å². The molecule has 1 saturated carbocycles. The molecular formula is C31H27F6N7O9S2. The standard InChI is InChI=1S/C18H18N2O5S.C13H9F6N5O4S/c1-25-16-5-3-2-4-15(16)18(22)20-26(23,24)14-10-6-12(7-11-14)17(21)19-13-8-9-13;1-28-11-21-8(13(17,18)19)20-9(23-11)22-10(25)24-29(26,27)7-5-3-2-4-6(7)12(14,15)16/h2-7,10-11,13H,8-9H2,1H3,(H,19,21)(H,20,22);2-5H,1H3,(H2,20,21,22,23,24,25). The number of urea groups is 1. The summed E-state index contributed by atoms with van der Waals surface area (Å²) in [6.07, 6.45) is -8.17. The summed E-state index contributed by atoms with van der Waals surface area (Å²) in [4.78, 5) is 43.7. The Labute approximate surface area is 307 Å². The molecule has 3 aromatic carbocycles. The summed E-state index contributed by atoms with van der Waals surface area (Å²) >= 11 is 0. The number of rotatable bonds is 10. The lowest BCUT2D eigenvalue weighted by atomic mass is 10.2. The molecule has 1 heterocycles. The lowest BCUT2D eigenvalue weighted by molar-refractivity contribution is -0.145. The number of nitrogens with one attached hydrogen (secondary N) is 4. The number of methoxy groups -OCH3 is 2. The molecule has 0 saturated heterocycles. The Morgan fingerprint density at radius 3 is 1.91 bits per heavy atom. The number of hydrogen-bond donors (Lipinski definition) is 4. The van der Waals surface area contributed by atoms with Gasteiger partial charge in [-0.25, -0.2) is 31.1 Å². The molecule has 4 aromatic rings. The van der Waals surface area contributed by atoms with E-state index in [1.807, 2.05) is 4.72 Å². The van der Waals surface area contributed by atoms with Gasteiger partial charge in [-0.2, -0.15) is 41.3 Å². The second-order valence-electron chi connectivity index (χ2n) is 10.9. The van der Waals surface area contributed by atoms with E-state index in [2.05, 4.69) is 25.0 Å². The fourth-order valence-electron chi connectivity index (χ4n) is 4.22. The normalized spacial score (nSPS) is 13.0. The maximum Gasteiger partial charge on any atom is 0.451 e. The zero-order valence-electron chi connectivity index (χ0n) is 28.0. The average molecular weight is 820 g/mol. The summed E-state index contributed by atoms with van der Waals surface area (Å²) in [5, 5.41) is 4.38. The van der Waals surface area contributed by atoms with E-state index >= 15 is 0 Å². The zero-order chi connectivity index (χ0) is 40.8. The lowest BCUT2D eigenvalue weighted by Crippen LogP contribution is -2.36. The van der Waals surface area contributed by atoms with E-state index in [1.54, 1.807) is 23.5 Å². The van der Waals surface area contributed by atoms with Crippen LogP contribution in [0.2, 0.25) is 0 Å². The second kappa shape index (κ2) is 16.5. The van der Waals surface area contributed by atoms with Crippen LogP contribution in [0.3, 0.4) is 0 Å². The third kappa shape index (κ3) is 11.2. The third-order valence-electron chi connectivity index (χ3n) is 6.90. The highest BCUT2D eigenvalue weighted by atomic mass is 32.2. The Hall–Kier alpha value is -6.04. The molecule has 0 aliphatic heterocycles. The highest BCUT2D eigenvalue weighted by molar-refractivity contribution is 7.90. The molecule has 16 nitrogen and oxygen atoms in total. The molecule has 1 aliphatic rings. The number of nitrogens with zero attached hydrogens (tertiary/aromatic N) is 3. The number of sulfonamides is 2. The minimum absolute atomic E-state index is 0.108. The quantitative estimate of drug-likeness (QED) is 0.166. The highest BCUT2D eigenvalue weighted by Gasteiger charge is 2.38. The van der Waals surface area contributed by atoms with Crippen LogP contribution in [0, 0.1) is 0 Å². The van der Waals surface area contributed by atoms with Crippen LogP contribution in [0.4, 0.5) is 37.1 Å². The number of ether oxygens (including phenoxy) is 2. The first kappa shape index (κ1) is 41.7. The van der Waals surface area contributed by atoms with Crippen molar-refractivity contribution in [3.05, 3.63) is 95.3 Å². The van der Waals surface area contributed by atoms with Crippen molar-refractivity contribution < 1.29 is 67.0 Å². The Kier molecular flexibility index (Phi) is 12.5. The number of carbonyl (C=O) groups is 3. The average Bonchev–Trinajstić information content (AvgIpc) is 3.94. The molecule has 1 aliphatic carbocycles. The van der Waals surface area contributed by atoms with Crippen molar-refractivity contribution in [2.75, 3.05) is 19.5 Å². The maximum atomic E-state index is 13.0. The molecular weight excluding hydrogens is 793 g/mol. The van der Waals surface area contributed by atoms with Gasteiger partial charge < -0.3 is 14.8 Å². The van der Waals surface area contributed by atoms with Crippen LogP contribution in [-0.4, -0.2) is 69.9 Å². The van der Waals surface area contributed by atoms with Crippen molar-refractivity contribution in [3.8, 4) is 11.8 Å². The first-order chi connectivity index (χ1) is 25.6. The Morgan fingerprint density at radius 1 is 0.709 bits per heavy atom. The highest BCUT2D eigenvalue weighted by Crippen LogP contribution is 2.34. The third-order valence-corrected chi connectivity index (χ3v) is 9.64. The Morgan fingerprint density at radius 2 is 1.33 bits per heavy atom. The molecule has 0 unspecified atom stereocenters. The van der Waals surface area contributed by atoms with E-state index in [1.165, 1.54) is 42.2 Å². The SMILES string of the molecule is COc1ccccc1C(=O)NS(=O)(=O)c1ccc(C(=O)NC2CC2)cc1.COc1nc(NC(=O)NS(=O)(=O)c2ccccc2C(F)(F)F)nc(C(F)(F)F)n1. The number of carbonyl (C=O) groups excluding carboxylic acids is 3. The Balaban J connectivity index is 0.000000246. The molecule has 4 N–H and O–H groups in total. The van der Waals surface area contributed by atoms with Crippen LogP contribution in [0.5, 0.6) is 11.8 Å². The van der Waals surface area contributed by atoms with Crippen molar-refractivity contribution >= 4 is 43.8 Å². The number of halogens is 6. The number of aromatic nitrogens is 3. The summed E-state index contributed by atoms with van der Waals surface area (Å²) in [5.41, 5.74) is -1.08. The number of benzene rings is 3. The zero-order valence-corrected chi connectivity index (χ0v) is 29.7. The lowest BCUT2D eigenvalue weighted by Gasteiger charge is -2.14. The van der Waals surface area contributed by atoms with Gasteiger partial charge in [0.1, 0.15) is 5.75 Å². The molecule has 24 heteroatoms. The fourth-order valence-corrected chi connectivity index (χ4v) is 6.32. The van der Waals surface area contributed by atoms with E-state index in [9.17, 15) is 57.6 Å². The van der Waals surface area contributed by atoms with Crippen LogP contribution in [0.25, 0.3) is 0 Å². The van der Waals surface area contributed by atoms with E-state index in [0.717, 1.165) is 32.1 Å². The molecule has 0 spiro atoms. The maximum absolute atomic E-state index is 13.0. The van der Waals surface area contributed by atoms with Crippen LogP contribution in [0.1, 0.15) is 44.9 Å². The molecule has 294 valence electrons. The van der Waals surface area contributed by atoms with Gasteiger partial charge >= 0.3 is 24.4 Å². The van der Waals surface area contributed by atoms with Crippen molar-refractivity contribution in [2.24, 2.45) is 0 Å². The van der Waals surface area contributed by atoms with E-state index in [0.29, 0.717) is 17.7 Å². The van der Waals surface area contributed by atoms with Crippen LogP contribution in [-0.2, 0) is 32.4 Å². The van der Waals surface area contributed by atoms with Crippen LogP contribution in [0.15, 0.2) is 82.6 Å². The van der Waals surface area contributed by atoms with Gasteiger partial charge in [-0.1, -0.05) is 24.3 Å². The number of anilines is 1. The molecule has 4 amide bonds. The van der Waals surface area contributed by atoms with Gasteiger partial charge in [0.25, 0.3) is 31.9 Å². The summed E-state index contributed by atoms with van der Waals surface area (Å²) in [6.45, 7) is 0. The number of amides is 4. The molecule has 0 bridgehead atoms. The monoisotopic (exact) mass is 819 g/mol. The Bertz CT molecular complexity index is 2290. The smallest absolute Gasteiger partial charge is 0.451 e. The minimum atomic E-state index is -5.05. The largest absolute Gasteiger partial charge is 0.496 e. The first-order valence-corrected chi connectivity index (χ1v) is 18.1. The van der Waals surface area contributed by atoms with Crippen molar-refractivity contribution in [1.29, 1.82) is 0 Å². The first-order valence-electron chi connectivity index (χ1n) is 15.1. The van der Waals surface area contributed by atoms with Gasteiger partial charge in [-0.05, 0) is 61.4 Å². The molecule has 1 fully saturated rings. The van der Waals surface area contributed by atoms with Crippen molar-refractivity contribution in [1.82, 2.24) is 29.7 Å². The van der Waals surface area contributed by atoms with Gasteiger partial charge in [-0.3, -0.25) is 14.9 Å². The predicted octanol–water partition coefficient (Wildman–Crippen LogP) is 4.13. The van der Waals surface area contributed by atoms with Gasteiger partial charge in [0.2, 0.25) is 11.8 Å². The number of hydrogen-bond acceptors (Lipinski definition) is 12.